The third-order valence-corrected chi connectivity index (χ3v) is 4.76. The fourth-order valence-corrected chi connectivity index (χ4v) is 3.34. The maximum atomic E-state index is 12.7. The lowest BCUT2D eigenvalue weighted by molar-refractivity contribution is 0.180. The number of nitrogens with zero attached hydrogens (tertiary/aromatic N) is 4. The number of hydrogen-bond acceptors (Lipinski definition) is 5. The number of carbonyl (C=O) groups is 1. The summed E-state index contributed by atoms with van der Waals surface area (Å²) in [6, 6.07) is -0.762. The number of carboxylic acid groups (broad SMARTS) is 1. The zero-order valence-corrected chi connectivity index (χ0v) is 15.2. The van der Waals surface area contributed by atoms with Crippen LogP contribution < -0.4 is 16.2 Å². The van der Waals surface area contributed by atoms with Gasteiger partial charge in [0.2, 0.25) is 5.28 Å². The number of imidazole rings is 1. The van der Waals surface area contributed by atoms with Crippen molar-refractivity contribution in [2.24, 2.45) is 7.05 Å². The van der Waals surface area contributed by atoms with Crippen LogP contribution in [0.2, 0.25) is 5.28 Å². The molecular formula is C16H19ClN6O3. The monoisotopic (exact) mass is 378 g/mol. The summed E-state index contributed by atoms with van der Waals surface area (Å²) in [5, 5.41) is 15.0. The van der Waals surface area contributed by atoms with E-state index in [1.54, 1.807) is 11.5 Å². The van der Waals surface area contributed by atoms with E-state index in [-0.39, 0.29) is 29.1 Å². The molecular weight excluding hydrogens is 360 g/mol. The minimum absolute atomic E-state index is 0.0390. The van der Waals surface area contributed by atoms with Gasteiger partial charge in [0.25, 0.3) is 5.56 Å². The van der Waals surface area contributed by atoms with Crippen molar-refractivity contribution in [1.82, 2.24) is 29.7 Å². The Balaban J connectivity index is 2.20. The summed E-state index contributed by atoms with van der Waals surface area (Å²) in [5.41, 5.74) is 0.207. The Bertz CT molecular complexity index is 970. The lowest BCUT2D eigenvalue weighted by Crippen LogP contribution is -2.48. The van der Waals surface area contributed by atoms with Crippen molar-refractivity contribution in [3.05, 3.63) is 21.5 Å². The molecule has 0 aromatic carbocycles. The van der Waals surface area contributed by atoms with E-state index >= 15 is 0 Å². The first-order chi connectivity index (χ1) is 12.4. The zero-order chi connectivity index (χ0) is 18.8. The van der Waals surface area contributed by atoms with E-state index in [1.165, 1.54) is 11.6 Å². The standard InChI is InChI=1S/C16H19ClN6O3/c1-3-4-8-23-11-12(21-15(17)22(2)14(11)24)20-13(23)10-9(19-16(25)26)6-5-7-18-10/h9-10,18-19H,5-8H2,1-2H3,(H,25,26). The van der Waals surface area contributed by atoms with Gasteiger partial charge in [-0.3, -0.25) is 9.36 Å². The normalized spacial score (nSPS) is 19.8. The molecule has 1 amide bonds. The first-order valence-corrected chi connectivity index (χ1v) is 8.57. The van der Waals surface area contributed by atoms with E-state index < -0.39 is 12.1 Å². The van der Waals surface area contributed by atoms with E-state index in [4.69, 9.17) is 16.7 Å². The number of aromatic nitrogens is 4. The molecule has 26 heavy (non-hydrogen) atoms. The van der Waals surface area contributed by atoms with Crippen molar-refractivity contribution in [2.45, 2.75) is 38.4 Å². The summed E-state index contributed by atoms with van der Waals surface area (Å²) >= 11 is 6.01. The van der Waals surface area contributed by atoms with E-state index in [0.717, 1.165) is 13.0 Å². The molecule has 0 saturated carbocycles. The summed E-state index contributed by atoms with van der Waals surface area (Å²) in [7, 11) is 1.53. The third-order valence-electron chi connectivity index (χ3n) is 4.42. The van der Waals surface area contributed by atoms with Gasteiger partial charge in [-0.2, -0.15) is 4.98 Å². The first kappa shape index (κ1) is 18.2. The minimum Gasteiger partial charge on any atom is -0.465 e. The molecule has 1 aliphatic rings. The number of fused-ring (bicyclic) bond motifs is 1. The van der Waals surface area contributed by atoms with Crippen LogP contribution in [0.25, 0.3) is 11.2 Å². The molecule has 9 nitrogen and oxygen atoms in total. The van der Waals surface area contributed by atoms with E-state index in [9.17, 15) is 9.59 Å². The Hall–Kier alpha value is -2.57. The van der Waals surface area contributed by atoms with Gasteiger partial charge >= 0.3 is 6.09 Å². The summed E-state index contributed by atoms with van der Waals surface area (Å²) < 4.78 is 2.93. The maximum Gasteiger partial charge on any atom is 0.404 e. The van der Waals surface area contributed by atoms with Crippen LogP contribution in [0.3, 0.4) is 0 Å². The number of halogens is 1. The molecule has 1 fully saturated rings. The predicted octanol–water partition coefficient (Wildman–Crippen LogP) is 0.867. The van der Waals surface area contributed by atoms with Crippen LogP contribution in [0.15, 0.2) is 4.79 Å². The van der Waals surface area contributed by atoms with Gasteiger partial charge in [0.15, 0.2) is 11.2 Å². The highest BCUT2D eigenvalue weighted by molar-refractivity contribution is 6.28. The van der Waals surface area contributed by atoms with Gasteiger partial charge in [0.05, 0.1) is 18.6 Å². The van der Waals surface area contributed by atoms with Crippen molar-refractivity contribution in [3.63, 3.8) is 0 Å². The lowest BCUT2D eigenvalue weighted by Gasteiger charge is -2.32. The Kier molecular flexibility index (Phi) is 5.15. The van der Waals surface area contributed by atoms with Crippen LogP contribution in [-0.4, -0.2) is 42.9 Å². The summed E-state index contributed by atoms with van der Waals surface area (Å²) in [6.07, 6.45) is 0.401. The summed E-state index contributed by atoms with van der Waals surface area (Å²) in [6.45, 7) is 2.68. The van der Waals surface area contributed by atoms with Crippen LogP contribution in [0.5, 0.6) is 0 Å². The third kappa shape index (κ3) is 3.25. The molecule has 0 spiro atoms. The molecule has 2 aromatic heterocycles. The molecule has 2 atom stereocenters. The number of hydrogen-bond donors (Lipinski definition) is 3. The molecule has 2 unspecified atom stereocenters. The topological polar surface area (TPSA) is 114 Å². The van der Waals surface area contributed by atoms with Gasteiger partial charge in [-0.15, -0.1) is 5.92 Å². The van der Waals surface area contributed by atoms with Crippen LogP contribution >= 0.6 is 11.6 Å². The first-order valence-electron chi connectivity index (χ1n) is 8.19. The predicted molar refractivity (Wildman–Crippen MR) is 96.2 cm³/mol. The number of nitrogens with one attached hydrogen (secondary N) is 2. The quantitative estimate of drug-likeness (QED) is 0.539. The average molecular weight is 379 g/mol. The summed E-state index contributed by atoms with van der Waals surface area (Å²) in [5.74, 6) is 6.27. The molecule has 1 saturated heterocycles. The maximum absolute atomic E-state index is 12.7. The van der Waals surface area contributed by atoms with Crippen molar-refractivity contribution in [1.29, 1.82) is 0 Å². The molecule has 0 bridgehead atoms. The number of amides is 1. The minimum atomic E-state index is -1.10. The fourth-order valence-electron chi connectivity index (χ4n) is 3.18. The SMILES string of the molecule is CC#CCn1c(C2NCCCC2NC(=O)O)nc2nc(Cl)n(C)c(=O)c21. The van der Waals surface area contributed by atoms with Crippen LogP contribution in [0, 0.1) is 11.8 Å². The van der Waals surface area contributed by atoms with Gasteiger partial charge in [-0.1, -0.05) is 5.92 Å². The zero-order valence-electron chi connectivity index (χ0n) is 14.4. The lowest BCUT2D eigenvalue weighted by atomic mass is 9.98. The molecule has 138 valence electrons. The highest BCUT2D eigenvalue weighted by atomic mass is 35.5. The van der Waals surface area contributed by atoms with Gasteiger partial charge in [-0.05, 0) is 37.9 Å². The van der Waals surface area contributed by atoms with Crippen molar-refractivity contribution < 1.29 is 9.90 Å². The highest BCUT2D eigenvalue weighted by Crippen LogP contribution is 2.26. The van der Waals surface area contributed by atoms with Crippen LogP contribution in [0.1, 0.15) is 31.6 Å². The Morgan fingerprint density at radius 2 is 2.27 bits per heavy atom. The van der Waals surface area contributed by atoms with Crippen molar-refractivity contribution >= 4 is 28.9 Å². The average Bonchev–Trinajstić information content (AvgIpc) is 2.96. The molecule has 0 aliphatic carbocycles. The smallest absolute Gasteiger partial charge is 0.404 e. The van der Waals surface area contributed by atoms with Gasteiger partial charge in [-0.25, -0.2) is 9.78 Å². The molecule has 2 aromatic rings. The van der Waals surface area contributed by atoms with Crippen molar-refractivity contribution in [3.8, 4) is 11.8 Å². The number of piperidine rings is 1. The Labute approximate surface area is 154 Å². The second-order valence-electron chi connectivity index (χ2n) is 6.03. The second-order valence-corrected chi connectivity index (χ2v) is 6.37. The largest absolute Gasteiger partial charge is 0.465 e. The Morgan fingerprint density at radius 1 is 1.50 bits per heavy atom. The Morgan fingerprint density at radius 3 is 2.96 bits per heavy atom. The van der Waals surface area contributed by atoms with Crippen LogP contribution in [-0.2, 0) is 13.6 Å². The van der Waals surface area contributed by atoms with Gasteiger partial charge < -0.3 is 20.3 Å². The van der Waals surface area contributed by atoms with E-state index in [1.807, 2.05) is 0 Å². The van der Waals surface area contributed by atoms with E-state index in [2.05, 4.69) is 32.4 Å². The van der Waals surface area contributed by atoms with Crippen LogP contribution in [0.4, 0.5) is 4.79 Å². The molecule has 3 rings (SSSR count). The number of rotatable bonds is 3. The van der Waals surface area contributed by atoms with Gasteiger partial charge in [0, 0.05) is 7.05 Å². The molecule has 3 heterocycles. The fraction of sp³-hybridized carbons (Fsp3) is 0.500. The molecule has 10 heteroatoms. The second kappa shape index (κ2) is 7.35. The van der Waals surface area contributed by atoms with Gasteiger partial charge in [0.1, 0.15) is 5.82 Å². The van der Waals surface area contributed by atoms with E-state index in [0.29, 0.717) is 17.8 Å². The molecule has 0 radical (unpaired) electrons. The highest BCUT2D eigenvalue weighted by Gasteiger charge is 2.32. The summed E-state index contributed by atoms with van der Waals surface area (Å²) in [4.78, 5) is 32.5. The van der Waals surface area contributed by atoms with Crippen molar-refractivity contribution in [2.75, 3.05) is 6.54 Å². The molecule has 1 aliphatic heterocycles. The molecule has 3 N–H and O–H groups in total.